The Labute approximate surface area is 148 Å². The van der Waals surface area contributed by atoms with Gasteiger partial charge in [-0.25, -0.2) is 14.8 Å². The number of fused-ring (bicyclic) bond motifs is 1. The lowest BCUT2D eigenvalue weighted by Gasteiger charge is -2.21. The van der Waals surface area contributed by atoms with Crippen LogP contribution in [0.2, 0.25) is 0 Å². The van der Waals surface area contributed by atoms with Crippen LogP contribution in [0.5, 0.6) is 0 Å². The van der Waals surface area contributed by atoms with Gasteiger partial charge in [0.2, 0.25) is 5.91 Å². The molecule has 134 valence electrons. The highest BCUT2D eigenvalue weighted by molar-refractivity contribution is 8.00. The third-order valence-corrected chi connectivity index (χ3v) is 5.60. The first kappa shape index (κ1) is 17.7. The van der Waals surface area contributed by atoms with Crippen LogP contribution >= 0.6 is 11.8 Å². The molecule has 8 nitrogen and oxygen atoms in total. The summed E-state index contributed by atoms with van der Waals surface area (Å²) in [6, 6.07) is 0. The van der Waals surface area contributed by atoms with E-state index in [1.165, 1.54) is 18.0 Å². The van der Waals surface area contributed by atoms with Gasteiger partial charge in [-0.1, -0.05) is 31.0 Å². The molecule has 2 aromatic rings. The summed E-state index contributed by atoms with van der Waals surface area (Å²) in [5.74, 6) is 0.382. The second-order valence-electron chi connectivity index (χ2n) is 6.38. The second kappa shape index (κ2) is 6.99. The Hall–Kier alpha value is -2.16. The fourth-order valence-corrected chi connectivity index (χ4v) is 3.99. The van der Waals surface area contributed by atoms with Crippen LogP contribution < -0.4 is 17.0 Å². The van der Waals surface area contributed by atoms with E-state index in [4.69, 9.17) is 5.73 Å². The fourth-order valence-electron chi connectivity index (χ4n) is 3.23. The van der Waals surface area contributed by atoms with Crippen molar-refractivity contribution in [3.05, 3.63) is 26.7 Å². The summed E-state index contributed by atoms with van der Waals surface area (Å²) in [6.07, 6.45) is 5.41. The number of hydrogen-bond donors (Lipinski definition) is 1. The van der Waals surface area contributed by atoms with Crippen molar-refractivity contribution in [2.45, 2.75) is 43.0 Å². The molecule has 0 aliphatic heterocycles. The van der Waals surface area contributed by atoms with E-state index in [2.05, 4.69) is 9.97 Å². The van der Waals surface area contributed by atoms with Crippen LogP contribution in [0.3, 0.4) is 0 Å². The Morgan fingerprint density at radius 3 is 2.48 bits per heavy atom. The van der Waals surface area contributed by atoms with Gasteiger partial charge in [0, 0.05) is 20.0 Å². The average Bonchev–Trinajstić information content (AvgIpc) is 2.62. The molecule has 0 atom stereocenters. The lowest BCUT2D eigenvalue weighted by atomic mass is 9.89. The zero-order valence-electron chi connectivity index (χ0n) is 14.3. The average molecular weight is 363 g/mol. The first-order valence-electron chi connectivity index (χ1n) is 8.29. The minimum atomic E-state index is -0.488. The molecule has 1 fully saturated rings. The minimum Gasteiger partial charge on any atom is -0.369 e. The Morgan fingerprint density at radius 1 is 1.16 bits per heavy atom. The Kier molecular flexibility index (Phi) is 4.94. The van der Waals surface area contributed by atoms with Crippen molar-refractivity contribution in [1.29, 1.82) is 0 Å². The molecule has 2 N–H and O–H groups in total. The molecule has 1 aliphatic rings. The van der Waals surface area contributed by atoms with E-state index in [1.807, 2.05) is 0 Å². The van der Waals surface area contributed by atoms with Gasteiger partial charge < -0.3 is 5.73 Å². The van der Waals surface area contributed by atoms with Gasteiger partial charge in [-0.15, -0.1) is 0 Å². The molecule has 3 rings (SSSR count). The molecule has 0 unspecified atom stereocenters. The van der Waals surface area contributed by atoms with Gasteiger partial charge in [-0.2, -0.15) is 0 Å². The maximum Gasteiger partial charge on any atom is 0.332 e. The van der Waals surface area contributed by atoms with Crippen LogP contribution in [-0.4, -0.2) is 30.8 Å². The highest BCUT2D eigenvalue weighted by Crippen LogP contribution is 2.32. The molecule has 0 spiro atoms. The zero-order valence-corrected chi connectivity index (χ0v) is 15.1. The summed E-state index contributed by atoms with van der Waals surface area (Å²) in [4.78, 5) is 45.2. The van der Waals surface area contributed by atoms with Crippen molar-refractivity contribution in [3.63, 3.8) is 0 Å². The summed E-state index contributed by atoms with van der Waals surface area (Å²) in [6.45, 7) is 0. The van der Waals surface area contributed by atoms with E-state index < -0.39 is 17.2 Å². The van der Waals surface area contributed by atoms with Crippen molar-refractivity contribution in [3.8, 4) is 0 Å². The Balaban J connectivity index is 2.25. The number of carbonyl (C=O) groups excluding carboxylic acids is 1. The highest BCUT2D eigenvalue weighted by atomic mass is 32.2. The number of nitrogens with zero attached hydrogens (tertiary/aromatic N) is 4. The lowest BCUT2D eigenvalue weighted by molar-refractivity contribution is -0.115. The maximum absolute atomic E-state index is 12.6. The van der Waals surface area contributed by atoms with Crippen LogP contribution in [0.25, 0.3) is 11.0 Å². The molecular weight excluding hydrogens is 342 g/mol. The number of primary amides is 1. The molecular formula is C16H21N5O3S. The molecule has 9 heteroatoms. The van der Waals surface area contributed by atoms with Crippen molar-refractivity contribution in [2.24, 2.45) is 19.8 Å². The number of aromatic nitrogens is 4. The molecule has 2 aromatic heterocycles. The summed E-state index contributed by atoms with van der Waals surface area (Å²) >= 11 is 1.12. The molecule has 25 heavy (non-hydrogen) atoms. The molecule has 1 aliphatic carbocycles. The van der Waals surface area contributed by atoms with Crippen LogP contribution in [-0.2, 0) is 18.9 Å². The van der Waals surface area contributed by atoms with Crippen LogP contribution in [0.15, 0.2) is 14.6 Å². The smallest absolute Gasteiger partial charge is 0.332 e. The van der Waals surface area contributed by atoms with Gasteiger partial charge in [-0.05, 0) is 12.8 Å². The summed E-state index contributed by atoms with van der Waals surface area (Å²) in [7, 11) is 3.01. The Bertz CT molecular complexity index is 943. The monoisotopic (exact) mass is 363 g/mol. The molecule has 0 bridgehead atoms. The van der Waals surface area contributed by atoms with Crippen LogP contribution in [0.4, 0.5) is 0 Å². The topological polar surface area (TPSA) is 113 Å². The third-order valence-electron chi connectivity index (χ3n) is 4.61. The SMILES string of the molecule is Cn1c(=O)c2c(SCC(N)=O)nc(C3CCCCC3)nc2n(C)c1=O. The lowest BCUT2D eigenvalue weighted by Crippen LogP contribution is -2.38. The summed E-state index contributed by atoms with van der Waals surface area (Å²) in [5, 5.41) is 0.677. The van der Waals surface area contributed by atoms with E-state index >= 15 is 0 Å². The van der Waals surface area contributed by atoms with Crippen molar-refractivity contribution < 1.29 is 4.79 Å². The predicted octanol–water partition coefficient (Wildman–Crippen LogP) is 0.652. The summed E-state index contributed by atoms with van der Waals surface area (Å²) < 4.78 is 2.39. The first-order valence-corrected chi connectivity index (χ1v) is 9.27. The number of hydrogen-bond acceptors (Lipinski definition) is 6. The van der Waals surface area contributed by atoms with Crippen molar-refractivity contribution >= 4 is 28.7 Å². The molecule has 0 saturated heterocycles. The van der Waals surface area contributed by atoms with E-state index in [0.29, 0.717) is 16.5 Å². The molecule has 2 heterocycles. The number of thioether (sulfide) groups is 1. The van der Waals surface area contributed by atoms with Crippen LogP contribution in [0, 0.1) is 0 Å². The maximum atomic E-state index is 12.6. The normalized spacial score (nSPS) is 15.6. The molecule has 1 amide bonds. The van der Waals surface area contributed by atoms with Gasteiger partial charge in [0.15, 0.2) is 5.65 Å². The van der Waals surface area contributed by atoms with E-state index in [9.17, 15) is 14.4 Å². The quantitative estimate of drug-likeness (QED) is 0.630. The van der Waals surface area contributed by atoms with Gasteiger partial charge >= 0.3 is 5.69 Å². The number of nitrogens with two attached hydrogens (primary N) is 1. The minimum absolute atomic E-state index is 0.0161. The molecule has 1 saturated carbocycles. The van der Waals surface area contributed by atoms with E-state index in [-0.39, 0.29) is 17.1 Å². The van der Waals surface area contributed by atoms with Gasteiger partial charge in [0.1, 0.15) is 16.2 Å². The second-order valence-corrected chi connectivity index (χ2v) is 7.35. The summed E-state index contributed by atoms with van der Waals surface area (Å²) in [5.41, 5.74) is 4.67. The standard InChI is InChI=1S/C16H21N5O3S/c1-20-13-11(15(23)21(2)16(20)24)14(25-8-10(17)22)19-12(18-13)9-6-4-3-5-7-9/h9H,3-8H2,1-2H3,(H2,17,22). The molecule has 0 aromatic carbocycles. The fraction of sp³-hybridized carbons (Fsp3) is 0.562. The number of aryl methyl sites for hydroxylation is 1. The third kappa shape index (κ3) is 3.33. The molecule has 0 radical (unpaired) electrons. The van der Waals surface area contributed by atoms with Crippen LogP contribution in [0.1, 0.15) is 43.8 Å². The first-order chi connectivity index (χ1) is 11.9. The van der Waals surface area contributed by atoms with E-state index in [1.54, 1.807) is 7.05 Å². The van der Waals surface area contributed by atoms with Gasteiger partial charge in [-0.3, -0.25) is 18.7 Å². The number of amides is 1. The number of carbonyl (C=O) groups is 1. The van der Waals surface area contributed by atoms with E-state index in [0.717, 1.165) is 42.0 Å². The van der Waals surface area contributed by atoms with Gasteiger partial charge in [0.25, 0.3) is 5.56 Å². The zero-order chi connectivity index (χ0) is 18.1. The predicted molar refractivity (Wildman–Crippen MR) is 95.8 cm³/mol. The van der Waals surface area contributed by atoms with Gasteiger partial charge in [0.05, 0.1) is 5.75 Å². The van der Waals surface area contributed by atoms with Crippen molar-refractivity contribution in [2.75, 3.05) is 5.75 Å². The Morgan fingerprint density at radius 2 is 1.84 bits per heavy atom. The largest absolute Gasteiger partial charge is 0.369 e. The number of rotatable bonds is 4. The van der Waals surface area contributed by atoms with Crippen molar-refractivity contribution in [1.82, 2.24) is 19.1 Å². The highest BCUT2D eigenvalue weighted by Gasteiger charge is 2.23.